The lowest BCUT2D eigenvalue weighted by atomic mass is 10.2. The third-order valence-corrected chi connectivity index (χ3v) is 4.10. The van der Waals surface area contributed by atoms with Gasteiger partial charge in [-0.1, -0.05) is 17.7 Å². The van der Waals surface area contributed by atoms with E-state index in [2.05, 4.69) is 15.6 Å². The molecule has 2 aromatic heterocycles. The Morgan fingerprint density at radius 1 is 1.23 bits per heavy atom. The smallest absolute Gasteiger partial charge is 0.319 e. The second kappa shape index (κ2) is 7.97. The fraction of sp³-hybridized carbons (Fsp3) is 0.222. The monoisotopic (exact) mass is 374 g/mol. The molecule has 0 radical (unpaired) electrons. The predicted molar refractivity (Wildman–Crippen MR) is 100 cm³/mol. The first kappa shape index (κ1) is 17.9. The molecular formula is C18H19ClN4O3. The van der Waals surface area contributed by atoms with Gasteiger partial charge >= 0.3 is 6.03 Å². The number of hydrogen-bond acceptors (Lipinski definition) is 4. The number of carbonyl (C=O) groups excluding carboxylic acids is 1. The molecule has 2 amide bonds. The number of benzene rings is 1. The van der Waals surface area contributed by atoms with Crippen LogP contribution in [0.1, 0.15) is 5.69 Å². The molecule has 0 bridgehead atoms. The first-order valence-electron chi connectivity index (χ1n) is 7.99. The summed E-state index contributed by atoms with van der Waals surface area (Å²) in [6.45, 7) is 0.446. The van der Waals surface area contributed by atoms with Gasteiger partial charge in [0.1, 0.15) is 17.1 Å². The van der Waals surface area contributed by atoms with Gasteiger partial charge in [0.2, 0.25) is 0 Å². The molecular weight excluding hydrogens is 356 g/mol. The van der Waals surface area contributed by atoms with Crippen LogP contribution in [0.5, 0.6) is 11.5 Å². The van der Waals surface area contributed by atoms with Gasteiger partial charge in [-0.25, -0.2) is 9.78 Å². The van der Waals surface area contributed by atoms with E-state index in [1.807, 2.05) is 35.0 Å². The van der Waals surface area contributed by atoms with Crippen molar-refractivity contribution >= 4 is 29.0 Å². The SMILES string of the molecule is COc1cc(OC)c(NC(=O)NCCc2cn3ccccc3n2)cc1Cl. The highest BCUT2D eigenvalue weighted by Crippen LogP contribution is 2.35. The Morgan fingerprint density at radius 2 is 2.04 bits per heavy atom. The molecule has 2 heterocycles. The number of nitrogens with zero attached hydrogens (tertiary/aromatic N) is 2. The summed E-state index contributed by atoms with van der Waals surface area (Å²) in [6.07, 6.45) is 4.50. The van der Waals surface area contributed by atoms with Crippen LogP contribution in [0, 0.1) is 0 Å². The van der Waals surface area contributed by atoms with Crippen LogP contribution in [0.2, 0.25) is 5.02 Å². The number of aromatic nitrogens is 2. The van der Waals surface area contributed by atoms with Crippen molar-refractivity contribution in [1.82, 2.24) is 14.7 Å². The van der Waals surface area contributed by atoms with Gasteiger partial charge < -0.3 is 24.5 Å². The highest BCUT2D eigenvalue weighted by molar-refractivity contribution is 6.32. The van der Waals surface area contributed by atoms with Crippen molar-refractivity contribution in [2.45, 2.75) is 6.42 Å². The Hall–Kier alpha value is -2.93. The Morgan fingerprint density at radius 3 is 2.77 bits per heavy atom. The van der Waals surface area contributed by atoms with E-state index >= 15 is 0 Å². The molecule has 3 aromatic rings. The summed E-state index contributed by atoms with van der Waals surface area (Å²) >= 11 is 6.10. The van der Waals surface area contributed by atoms with Crippen molar-refractivity contribution in [2.24, 2.45) is 0 Å². The number of methoxy groups -OCH3 is 2. The summed E-state index contributed by atoms with van der Waals surface area (Å²) in [5, 5.41) is 5.90. The van der Waals surface area contributed by atoms with Crippen LogP contribution in [-0.4, -0.2) is 36.2 Å². The number of pyridine rings is 1. The largest absolute Gasteiger partial charge is 0.495 e. The summed E-state index contributed by atoms with van der Waals surface area (Å²) in [4.78, 5) is 16.6. The van der Waals surface area contributed by atoms with Gasteiger partial charge in [-0.3, -0.25) is 0 Å². The van der Waals surface area contributed by atoms with Crippen LogP contribution < -0.4 is 20.1 Å². The van der Waals surface area contributed by atoms with Crippen molar-refractivity contribution in [2.75, 3.05) is 26.1 Å². The first-order chi connectivity index (χ1) is 12.6. The number of rotatable bonds is 6. The number of urea groups is 1. The van der Waals surface area contributed by atoms with Crippen molar-refractivity contribution in [1.29, 1.82) is 0 Å². The zero-order valence-corrected chi connectivity index (χ0v) is 15.2. The summed E-state index contributed by atoms with van der Waals surface area (Å²) in [5.74, 6) is 0.933. The molecule has 0 unspecified atom stereocenters. The molecule has 26 heavy (non-hydrogen) atoms. The maximum absolute atomic E-state index is 12.1. The molecule has 2 N–H and O–H groups in total. The number of fused-ring (bicyclic) bond motifs is 1. The third kappa shape index (κ3) is 4.00. The van der Waals surface area contributed by atoms with E-state index in [9.17, 15) is 4.79 Å². The number of anilines is 1. The van der Waals surface area contributed by atoms with E-state index in [0.717, 1.165) is 11.3 Å². The molecule has 0 aliphatic carbocycles. The molecule has 7 nitrogen and oxygen atoms in total. The van der Waals surface area contributed by atoms with Gasteiger partial charge in [-0.2, -0.15) is 0 Å². The fourth-order valence-corrected chi connectivity index (χ4v) is 2.78. The van der Waals surface area contributed by atoms with Gasteiger partial charge in [0, 0.05) is 31.4 Å². The first-order valence-corrected chi connectivity index (χ1v) is 8.37. The second-order valence-corrected chi connectivity index (χ2v) is 5.92. The van der Waals surface area contributed by atoms with E-state index in [1.165, 1.54) is 14.2 Å². The Kier molecular flexibility index (Phi) is 5.48. The van der Waals surface area contributed by atoms with Crippen LogP contribution in [0.25, 0.3) is 5.65 Å². The molecule has 0 atom stereocenters. The number of carbonyl (C=O) groups is 1. The normalized spacial score (nSPS) is 10.6. The Bertz CT molecular complexity index is 893. The summed E-state index contributed by atoms with van der Waals surface area (Å²) in [7, 11) is 3.02. The minimum atomic E-state index is -0.353. The lowest BCUT2D eigenvalue weighted by Crippen LogP contribution is -2.30. The number of imidazole rings is 1. The molecule has 1 aromatic carbocycles. The number of hydrogen-bond donors (Lipinski definition) is 2. The van der Waals surface area contributed by atoms with Gasteiger partial charge in [0.05, 0.1) is 30.6 Å². The summed E-state index contributed by atoms with van der Waals surface area (Å²) in [5.41, 5.74) is 2.25. The van der Waals surface area contributed by atoms with Crippen LogP contribution in [0.15, 0.2) is 42.7 Å². The van der Waals surface area contributed by atoms with E-state index in [4.69, 9.17) is 21.1 Å². The molecule has 0 aliphatic heterocycles. The minimum Gasteiger partial charge on any atom is -0.495 e. The molecule has 0 spiro atoms. The number of nitrogens with one attached hydrogen (secondary N) is 2. The van der Waals surface area contributed by atoms with Crippen LogP contribution in [0.3, 0.4) is 0 Å². The average molecular weight is 375 g/mol. The van der Waals surface area contributed by atoms with Crippen LogP contribution >= 0.6 is 11.6 Å². The predicted octanol–water partition coefficient (Wildman–Crippen LogP) is 3.37. The van der Waals surface area contributed by atoms with Gasteiger partial charge in [-0.15, -0.1) is 0 Å². The molecule has 136 valence electrons. The topological polar surface area (TPSA) is 76.9 Å². The molecule has 3 rings (SSSR count). The highest BCUT2D eigenvalue weighted by atomic mass is 35.5. The maximum Gasteiger partial charge on any atom is 0.319 e. The van der Waals surface area contributed by atoms with Gasteiger partial charge in [0.15, 0.2) is 0 Å². The number of halogens is 1. The number of ether oxygens (including phenoxy) is 2. The zero-order chi connectivity index (χ0) is 18.5. The second-order valence-electron chi connectivity index (χ2n) is 5.52. The lowest BCUT2D eigenvalue weighted by molar-refractivity contribution is 0.252. The quantitative estimate of drug-likeness (QED) is 0.693. The molecule has 0 fully saturated rings. The van der Waals surface area contributed by atoms with Gasteiger partial charge in [-0.05, 0) is 18.2 Å². The zero-order valence-electron chi connectivity index (χ0n) is 14.5. The van der Waals surface area contributed by atoms with Crippen molar-refractivity contribution < 1.29 is 14.3 Å². The van der Waals surface area contributed by atoms with Crippen LogP contribution in [-0.2, 0) is 6.42 Å². The Labute approximate surface area is 155 Å². The summed E-state index contributed by atoms with van der Waals surface area (Å²) in [6, 6.07) is 8.66. The molecule has 0 saturated carbocycles. The molecule has 0 aliphatic rings. The van der Waals surface area contributed by atoms with Crippen molar-refractivity contribution in [3.8, 4) is 11.5 Å². The lowest BCUT2D eigenvalue weighted by Gasteiger charge is -2.13. The van der Waals surface area contributed by atoms with Crippen molar-refractivity contribution in [3.05, 3.63) is 53.4 Å². The van der Waals surface area contributed by atoms with Gasteiger partial charge in [0.25, 0.3) is 0 Å². The average Bonchev–Trinajstić information content (AvgIpc) is 3.04. The van der Waals surface area contributed by atoms with E-state index in [1.54, 1.807) is 12.1 Å². The van der Waals surface area contributed by atoms with E-state index in [0.29, 0.717) is 35.2 Å². The van der Waals surface area contributed by atoms with E-state index in [-0.39, 0.29) is 6.03 Å². The van der Waals surface area contributed by atoms with Crippen LogP contribution in [0.4, 0.5) is 10.5 Å². The minimum absolute atomic E-state index is 0.353. The standard InChI is InChI=1S/C18H19ClN4O3/c1-25-15-10-16(26-2)14(9-13(15)19)22-18(24)20-7-6-12-11-23-8-4-3-5-17(23)21-12/h3-5,8-11H,6-7H2,1-2H3,(H2,20,22,24). The highest BCUT2D eigenvalue weighted by Gasteiger charge is 2.12. The van der Waals surface area contributed by atoms with Crippen molar-refractivity contribution in [3.63, 3.8) is 0 Å². The van der Waals surface area contributed by atoms with E-state index < -0.39 is 0 Å². The Balaban J connectivity index is 1.58. The molecule has 8 heteroatoms. The molecule has 0 saturated heterocycles. The maximum atomic E-state index is 12.1. The summed E-state index contributed by atoms with van der Waals surface area (Å²) < 4.78 is 12.3. The third-order valence-electron chi connectivity index (χ3n) is 3.80. The fourth-order valence-electron chi connectivity index (χ4n) is 2.54. The number of amides is 2.